The third-order valence-electron chi connectivity index (χ3n) is 3.23. The molecule has 0 spiro atoms. The van der Waals surface area contributed by atoms with Crippen LogP contribution in [0.3, 0.4) is 0 Å². The maximum Gasteiger partial charge on any atom is 0.339 e. The first kappa shape index (κ1) is 15.7. The molecule has 116 valence electrons. The molecule has 8 heteroatoms. The van der Waals surface area contributed by atoms with Crippen molar-refractivity contribution < 1.29 is 22.7 Å². The Morgan fingerprint density at radius 2 is 2.19 bits per heavy atom. The van der Waals surface area contributed by atoms with Crippen LogP contribution in [-0.4, -0.2) is 51.6 Å². The lowest BCUT2D eigenvalue weighted by molar-refractivity contribution is 0.0101. The molecule has 1 saturated heterocycles. The Kier molecular flexibility index (Phi) is 4.50. The Balaban J connectivity index is 2.47. The van der Waals surface area contributed by atoms with Crippen molar-refractivity contribution in [1.82, 2.24) is 4.31 Å². The number of nitrogens with zero attached hydrogens (tertiary/aromatic N) is 1. The largest absolute Gasteiger partial charge is 0.465 e. The first-order valence-electron chi connectivity index (χ1n) is 6.46. The fourth-order valence-electron chi connectivity index (χ4n) is 2.19. The van der Waals surface area contributed by atoms with Crippen LogP contribution in [-0.2, 0) is 19.5 Å². The fourth-order valence-corrected chi connectivity index (χ4v) is 3.85. The number of carbonyl (C=O) groups excluding carboxylic acids is 1. The summed E-state index contributed by atoms with van der Waals surface area (Å²) in [7, 11) is -2.61. The Labute approximate surface area is 123 Å². The number of ether oxygens (including phenoxy) is 2. The van der Waals surface area contributed by atoms with Gasteiger partial charge in [-0.1, -0.05) is 0 Å². The highest BCUT2D eigenvalue weighted by atomic mass is 32.2. The van der Waals surface area contributed by atoms with Crippen LogP contribution in [0.1, 0.15) is 17.3 Å². The van der Waals surface area contributed by atoms with Gasteiger partial charge in [0.2, 0.25) is 10.0 Å². The Morgan fingerprint density at radius 1 is 1.48 bits per heavy atom. The van der Waals surface area contributed by atoms with Crippen molar-refractivity contribution >= 4 is 21.7 Å². The quantitative estimate of drug-likeness (QED) is 0.643. The van der Waals surface area contributed by atoms with E-state index in [1.807, 2.05) is 0 Å². The number of anilines is 1. The van der Waals surface area contributed by atoms with E-state index in [-0.39, 0.29) is 29.7 Å². The number of benzene rings is 1. The fraction of sp³-hybridized carbons (Fsp3) is 0.462. The summed E-state index contributed by atoms with van der Waals surface area (Å²) in [6.45, 7) is 2.61. The van der Waals surface area contributed by atoms with E-state index >= 15 is 0 Å². The van der Waals surface area contributed by atoms with Gasteiger partial charge in [0, 0.05) is 18.8 Å². The van der Waals surface area contributed by atoms with E-state index in [4.69, 9.17) is 10.5 Å². The molecule has 7 nitrogen and oxygen atoms in total. The van der Waals surface area contributed by atoms with Crippen molar-refractivity contribution in [2.75, 3.05) is 32.5 Å². The van der Waals surface area contributed by atoms with E-state index < -0.39 is 16.0 Å². The smallest absolute Gasteiger partial charge is 0.339 e. The normalized spacial score (nSPS) is 20.2. The summed E-state index contributed by atoms with van der Waals surface area (Å²) >= 11 is 0. The predicted octanol–water partition coefficient (Wildman–Crippen LogP) is 0.465. The third kappa shape index (κ3) is 3.17. The minimum atomic E-state index is -3.80. The maximum atomic E-state index is 12.7. The van der Waals surface area contributed by atoms with Gasteiger partial charge < -0.3 is 15.2 Å². The number of nitrogens with two attached hydrogens (primary N) is 1. The summed E-state index contributed by atoms with van der Waals surface area (Å²) in [4.78, 5) is 11.7. The molecule has 1 atom stereocenters. The van der Waals surface area contributed by atoms with Crippen molar-refractivity contribution in [2.45, 2.75) is 17.9 Å². The Morgan fingerprint density at radius 3 is 2.81 bits per heavy atom. The van der Waals surface area contributed by atoms with Gasteiger partial charge >= 0.3 is 5.97 Å². The van der Waals surface area contributed by atoms with E-state index in [9.17, 15) is 13.2 Å². The zero-order valence-electron chi connectivity index (χ0n) is 11.9. The molecule has 21 heavy (non-hydrogen) atoms. The molecule has 1 aromatic carbocycles. The maximum absolute atomic E-state index is 12.7. The van der Waals surface area contributed by atoms with Gasteiger partial charge in [0.05, 0.1) is 30.3 Å². The number of sulfonamides is 1. The van der Waals surface area contributed by atoms with Crippen LogP contribution < -0.4 is 5.73 Å². The monoisotopic (exact) mass is 314 g/mol. The van der Waals surface area contributed by atoms with Crippen LogP contribution in [0.15, 0.2) is 23.1 Å². The molecule has 1 unspecified atom stereocenters. The molecule has 0 bridgehead atoms. The van der Waals surface area contributed by atoms with E-state index in [1.165, 1.54) is 29.6 Å². The SMILES string of the molecule is COC(=O)c1cc(N)ccc1S(=O)(=O)N1CCOC(C)C1. The molecule has 1 fully saturated rings. The third-order valence-corrected chi connectivity index (χ3v) is 5.15. The van der Waals surface area contributed by atoms with Crippen LogP contribution in [0, 0.1) is 0 Å². The minimum absolute atomic E-state index is 0.0587. The Bertz CT molecular complexity index is 644. The molecule has 0 aliphatic carbocycles. The van der Waals surface area contributed by atoms with Gasteiger partial charge in [-0.15, -0.1) is 0 Å². The van der Waals surface area contributed by atoms with Crippen LogP contribution in [0.5, 0.6) is 0 Å². The van der Waals surface area contributed by atoms with Gasteiger partial charge in [0.1, 0.15) is 0 Å². The van der Waals surface area contributed by atoms with E-state index in [0.717, 1.165) is 0 Å². The second kappa shape index (κ2) is 6.00. The molecule has 1 aliphatic rings. The van der Waals surface area contributed by atoms with Gasteiger partial charge in [0.15, 0.2) is 0 Å². The molecule has 2 rings (SSSR count). The van der Waals surface area contributed by atoms with Crippen LogP contribution in [0.25, 0.3) is 0 Å². The second-order valence-electron chi connectivity index (χ2n) is 4.79. The number of carbonyl (C=O) groups is 1. The van der Waals surface area contributed by atoms with Crippen LogP contribution in [0.2, 0.25) is 0 Å². The highest BCUT2D eigenvalue weighted by molar-refractivity contribution is 7.89. The summed E-state index contributed by atoms with van der Waals surface area (Å²) in [5, 5.41) is 0. The van der Waals surface area contributed by atoms with Crippen molar-refractivity contribution in [3.63, 3.8) is 0 Å². The number of morpholine rings is 1. The number of esters is 1. The average molecular weight is 314 g/mol. The molecule has 0 radical (unpaired) electrons. The van der Waals surface area contributed by atoms with Crippen molar-refractivity contribution in [1.29, 1.82) is 0 Å². The lowest BCUT2D eigenvalue weighted by Gasteiger charge is -2.30. The zero-order valence-corrected chi connectivity index (χ0v) is 12.7. The van der Waals surface area contributed by atoms with Gasteiger partial charge in [-0.05, 0) is 25.1 Å². The van der Waals surface area contributed by atoms with Gasteiger partial charge in [-0.2, -0.15) is 4.31 Å². The lowest BCUT2D eigenvalue weighted by atomic mass is 10.2. The van der Waals surface area contributed by atoms with E-state index in [1.54, 1.807) is 6.92 Å². The lowest BCUT2D eigenvalue weighted by Crippen LogP contribution is -2.44. The number of nitrogen functional groups attached to an aromatic ring is 1. The van der Waals surface area contributed by atoms with E-state index in [2.05, 4.69) is 4.74 Å². The number of hydrogen-bond acceptors (Lipinski definition) is 6. The predicted molar refractivity (Wildman–Crippen MR) is 76.4 cm³/mol. The molecule has 0 saturated carbocycles. The summed E-state index contributed by atoms with van der Waals surface area (Å²) in [6, 6.07) is 4.09. The van der Waals surface area contributed by atoms with Gasteiger partial charge in [-0.3, -0.25) is 0 Å². The summed E-state index contributed by atoms with van der Waals surface area (Å²) in [6.07, 6.45) is -0.191. The van der Waals surface area contributed by atoms with E-state index in [0.29, 0.717) is 12.3 Å². The molecule has 0 amide bonds. The first-order valence-corrected chi connectivity index (χ1v) is 7.90. The van der Waals surface area contributed by atoms with Crippen LogP contribution >= 0.6 is 0 Å². The average Bonchev–Trinajstić information content (AvgIpc) is 2.46. The minimum Gasteiger partial charge on any atom is -0.465 e. The van der Waals surface area contributed by atoms with Crippen molar-refractivity contribution in [3.8, 4) is 0 Å². The topological polar surface area (TPSA) is 98.9 Å². The second-order valence-corrected chi connectivity index (χ2v) is 6.70. The summed E-state index contributed by atoms with van der Waals surface area (Å²) in [5.74, 6) is -0.734. The van der Waals surface area contributed by atoms with Gasteiger partial charge in [-0.25, -0.2) is 13.2 Å². The van der Waals surface area contributed by atoms with Crippen molar-refractivity contribution in [2.24, 2.45) is 0 Å². The van der Waals surface area contributed by atoms with Gasteiger partial charge in [0.25, 0.3) is 0 Å². The standard InChI is InChI=1S/C13H18N2O5S/c1-9-8-15(5-6-20-9)21(17,18)12-4-3-10(14)7-11(12)13(16)19-2/h3-4,7,9H,5-6,8,14H2,1-2H3. The molecule has 0 aromatic heterocycles. The molecule has 2 N–H and O–H groups in total. The molecular formula is C13H18N2O5S. The van der Waals surface area contributed by atoms with Crippen LogP contribution in [0.4, 0.5) is 5.69 Å². The highest BCUT2D eigenvalue weighted by Gasteiger charge is 2.32. The molecular weight excluding hydrogens is 296 g/mol. The number of hydrogen-bond donors (Lipinski definition) is 1. The zero-order chi connectivity index (χ0) is 15.6. The molecule has 1 aromatic rings. The molecule has 1 aliphatic heterocycles. The Hall–Kier alpha value is -1.64. The van der Waals surface area contributed by atoms with Crippen molar-refractivity contribution in [3.05, 3.63) is 23.8 Å². The summed E-state index contributed by atoms with van der Waals surface area (Å²) < 4.78 is 36.7. The highest BCUT2D eigenvalue weighted by Crippen LogP contribution is 2.24. The molecule has 1 heterocycles. The number of rotatable bonds is 3. The first-order chi connectivity index (χ1) is 9.86. The number of methoxy groups -OCH3 is 1. The summed E-state index contributed by atoms with van der Waals surface area (Å²) in [5.41, 5.74) is 5.86.